The molecule has 0 atom stereocenters. The Morgan fingerprint density at radius 2 is 2.05 bits per heavy atom. The molecule has 0 saturated heterocycles. The van der Waals surface area contributed by atoms with Crippen LogP contribution in [0.1, 0.15) is 43.2 Å². The summed E-state index contributed by atoms with van der Waals surface area (Å²) in [4.78, 5) is 11.5. The van der Waals surface area contributed by atoms with Crippen LogP contribution in [0.5, 0.6) is 0 Å². The van der Waals surface area contributed by atoms with Crippen molar-refractivity contribution in [1.29, 1.82) is 0 Å². The van der Waals surface area contributed by atoms with Gasteiger partial charge in [0, 0.05) is 13.5 Å². The number of carbonyl (C=O) groups is 1. The first-order chi connectivity index (χ1) is 9.10. The molecule has 2 aliphatic carbocycles. The molecule has 0 aromatic heterocycles. The van der Waals surface area contributed by atoms with Crippen molar-refractivity contribution >= 4 is 5.97 Å². The number of carboxylic acid groups (broad SMARTS) is 1. The molecule has 19 heavy (non-hydrogen) atoms. The first kappa shape index (κ1) is 12.7. The minimum Gasteiger partial charge on any atom is -0.481 e. The standard InChI is InChI=1S/C16H20O3/c1-19-15(8-9-15)11-12-4-2-5-13(10-12)16(14(17)18)6-3-7-16/h2,4-5,10H,3,6-9,11H2,1H3,(H,17,18). The van der Waals surface area contributed by atoms with Gasteiger partial charge in [-0.2, -0.15) is 0 Å². The maximum atomic E-state index is 11.5. The Morgan fingerprint density at radius 3 is 2.53 bits per heavy atom. The summed E-state index contributed by atoms with van der Waals surface area (Å²) in [6.07, 6.45) is 5.66. The van der Waals surface area contributed by atoms with Crippen LogP contribution in [-0.4, -0.2) is 23.8 Å². The smallest absolute Gasteiger partial charge is 0.314 e. The first-order valence-corrected chi connectivity index (χ1v) is 6.98. The van der Waals surface area contributed by atoms with Gasteiger partial charge in [-0.25, -0.2) is 0 Å². The van der Waals surface area contributed by atoms with Crippen molar-refractivity contribution in [1.82, 2.24) is 0 Å². The van der Waals surface area contributed by atoms with Crippen LogP contribution in [-0.2, 0) is 21.4 Å². The molecule has 0 heterocycles. The Bertz CT molecular complexity index is 498. The summed E-state index contributed by atoms with van der Waals surface area (Å²) in [7, 11) is 1.77. The summed E-state index contributed by atoms with van der Waals surface area (Å²) in [5.74, 6) is -0.677. The van der Waals surface area contributed by atoms with E-state index in [-0.39, 0.29) is 5.60 Å². The van der Waals surface area contributed by atoms with Crippen LogP contribution in [0.3, 0.4) is 0 Å². The van der Waals surface area contributed by atoms with E-state index in [0.717, 1.165) is 44.1 Å². The third kappa shape index (κ3) is 2.06. The summed E-state index contributed by atoms with van der Waals surface area (Å²) in [5, 5.41) is 9.49. The largest absolute Gasteiger partial charge is 0.481 e. The molecule has 1 aromatic carbocycles. The van der Waals surface area contributed by atoms with Crippen LogP contribution in [0.15, 0.2) is 24.3 Å². The SMILES string of the molecule is COC1(Cc2cccc(C3(C(=O)O)CCC3)c2)CC1. The van der Waals surface area contributed by atoms with Crippen LogP contribution < -0.4 is 0 Å². The quantitative estimate of drug-likeness (QED) is 0.885. The molecule has 3 rings (SSSR count). The summed E-state index contributed by atoms with van der Waals surface area (Å²) in [6.45, 7) is 0. The molecule has 0 bridgehead atoms. The lowest BCUT2D eigenvalue weighted by Crippen LogP contribution is -2.42. The van der Waals surface area contributed by atoms with Gasteiger partial charge in [0.05, 0.1) is 11.0 Å². The van der Waals surface area contributed by atoms with E-state index in [9.17, 15) is 9.90 Å². The predicted octanol–water partition coefficient (Wildman–Crippen LogP) is 2.91. The van der Waals surface area contributed by atoms with Crippen molar-refractivity contribution in [2.75, 3.05) is 7.11 Å². The molecule has 0 radical (unpaired) electrons. The molecule has 0 unspecified atom stereocenters. The minimum atomic E-state index is -0.677. The van der Waals surface area contributed by atoms with Crippen molar-refractivity contribution in [3.05, 3.63) is 35.4 Å². The van der Waals surface area contributed by atoms with Crippen molar-refractivity contribution in [3.63, 3.8) is 0 Å². The monoisotopic (exact) mass is 260 g/mol. The molecule has 1 aromatic rings. The molecule has 0 amide bonds. The molecule has 1 N–H and O–H groups in total. The third-order valence-electron chi connectivity index (χ3n) is 4.86. The fourth-order valence-corrected chi connectivity index (χ4v) is 3.10. The van der Waals surface area contributed by atoms with Gasteiger partial charge in [0.15, 0.2) is 0 Å². The van der Waals surface area contributed by atoms with Crippen molar-refractivity contribution in [2.45, 2.75) is 49.5 Å². The predicted molar refractivity (Wildman–Crippen MR) is 72.3 cm³/mol. The van der Waals surface area contributed by atoms with Gasteiger partial charge in [-0.05, 0) is 36.8 Å². The third-order valence-corrected chi connectivity index (χ3v) is 4.86. The van der Waals surface area contributed by atoms with E-state index in [1.165, 1.54) is 5.56 Å². The fourth-order valence-electron chi connectivity index (χ4n) is 3.10. The fraction of sp³-hybridized carbons (Fsp3) is 0.562. The van der Waals surface area contributed by atoms with Gasteiger partial charge in [0.25, 0.3) is 0 Å². The van der Waals surface area contributed by atoms with E-state index in [4.69, 9.17) is 4.74 Å². The second kappa shape index (κ2) is 4.34. The molecule has 0 aliphatic heterocycles. The highest BCUT2D eigenvalue weighted by molar-refractivity contribution is 5.82. The molecule has 2 fully saturated rings. The van der Waals surface area contributed by atoms with Gasteiger partial charge in [0.1, 0.15) is 0 Å². The van der Waals surface area contributed by atoms with Gasteiger partial charge in [-0.3, -0.25) is 4.79 Å². The normalized spacial score (nSPS) is 22.6. The number of aliphatic carboxylic acids is 1. The molecule has 2 aliphatic rings. The molecular weight excluding hydrogens is 240 g/mol. The Hall–Kier alpha value is -1.35. The lowest BCUT2D eigenvalue weighted by molar-refractivity contribution is -0.147. The second-order valence-corrected chi connectivity index (χ2v) is 6.01. The highest BCUT2D eigenvalue weighted by atomic mass is 16.5. The highest BCUT2D eigenvalue weighted by Gasteiger charge is 2.46. The molecule has 102 valence electrons. The molecule has 3 nitrogen and oxygen atoms in total. The van der Waals surface area contributed by atoms with Crippen LogP contribution in [0, 0.1) is 0 Å². The van der Waals surface area contributed by atoms with Crippen LogP contribution >= 0.6 is 0 Å². The minimum absolute atomic E-state index is 0.0224. The lowest BCUT2D eigenvalue weighted by atomic mass is 9.64. The summed E-state index contributed by atoms with van der Waals surface area (Å²) in [6, 6.07) is 8.10. The van der Waals surface area contributed by atoms with Crippen LogP contribution in [0.2, 0.25) is 0 Å². The van der Waals surface area contributed by atoms with Gasteiger partial charge >= 0.3 is 5.97 Å². The van der Waals surface area contributed by atoms with E-state index in [2.05, 4.69) is 12.1 Å². The Labute approximate surface area is 113 Å². The molecular formula is C16H20O3. The zero-order valence-electron chi connectivity index (χ0n) is 11.3. The first-order valence-electron chi connectivity index (χ1n) is 6.98. The Balaban J connectivity index is 1.85. The number of rotatable bonds is 5. The van der Waals surface area contributed by atoms with Crippen LogP contribution in [0.4, 0.5) is 0 Å². The summed E-state index contributed by atoms with van der Waals surface area (Å²) in [5.41, 5.74) is 1.56. The topological polar surface area (TPSA) is 46.5 Å². The molecule has 0 spiro atoms. The Morgan fingerprint density at radius 1 is 1.32 bits per heavy atom. The average Bonchev–Trinajstić information content (AvgIpc) is 3.08. The van der Waals surface area contributed by atoms with Crippen LogP contribution in [0.25, 0.3) is 0 Å². The number of methoxy groups -OCH3 is 1. The average molecular weight is 260 g/mol. The van der Waals surface area contributed by atoms with Gasteiger partial charge in [-0.15, -0.1) is 0 Å². The number of hydrogen-bond donors (Lipinski definition) is 1. The van der Waals surface area contributed by atoms with Crippen molar-refractivity contribution in [2.24, 2.45) is 0 Å². The zero-order valence-corrected chi connectivity index (χ0v) is 11.3. The number of hydrogen-bond acceptors (Lipinski definition) is 2. The van der Waals surface area contributed by atoms with E-state index in [1.54, 1.807) is 7.11 Å². The molecule has 3 heteroatoms. The number of carboxylic acids is 1. The summed E-state index contributed by atoms with van der Waals surface area (Å²) >= 11 is 0. The zero-order chi connectivity index (χ0) is 13.5. The second-order valence-electron chi connectivity index (χ2n) is 6.01. The number of benzene rings is 1. The van der Waals surface area contributed by atoms with E-state index in [1.807, 2.05) is 12.1 Å². The maximum Gasteiger partial charge on any atom is 0.314 e. The van der Waals surface area contributed by atoms with E-state index < -0.39 is 11.4 Å². The van der Waals surface area contributed by atoms with Crippen molar-refractivity contribution in [3.8, 4) is 0 Å². The van der Waals surface area contributed by atoms with Gasteiger partial charge < -0.3 is 9.84 Å². The van der Waals surface area contributed by atoms with Crippen molar-refractivity contribution < 1.29 is 14.6 Å². The van der Waals surface area contributed by atoms with E-state index >= 15 is 0 Å². The maximum absolute atomic E-state index is 11.5. The summed E-state index contributed by atoms with van der Waals surface area (Å²) < 4.78 is 5.55. The highest BCUT2D eigenvalue weighted by Crippen LogP contribution is 2.45. The van der Waals surface area contributed by atoms with E-state index in [0.29, 0.717) is 0 Å². The Kier molecular flexibility index (Phi) is 2.90. The van der Waals surface area contributed by atoms with Gasteiger partial charge in [0.2, 0.25) is 0 Å². The number of ether oxygens (including phenoxy) is 1. The van der Waals surface area contributed by atoms with Gasteiger partial charge in [-0.1, -0.05) is 30.7 Å². The molecule has 2 saturated carbocycles. The lowest BCUT2D eigenvalue weighted by Gasteiger charge is -2.38.